The molecule has 0 saturated carbocycles. The molecule has 0 saturated heterocycles. The van der Waals surface area contributed by atoms with Gasteiger partial charge in [0.25, 0.3) is 0 Å². The van der Waals surface area contributed by atoms with Gasteiger partial charge in [-0.15, -0.1) is 0 Å². The van der Waals surface area contributed by atoms with Crippen molar-refractivity contribution >= 4 is 5.91 Å². The van der Waals surface area contributed by atoms with Gasteiger partial charge >= 0.3 is 0 Å². The summed E-state index contributed by atoms with van der Waals surface area (Å²) in [6, 6.07) is -0.821. The van der Waals surface area contributed by atoms with Gasteiger partial charge in [0.05, 0.1) is 18.8 Å². The summed E-state index contributed by atoms with van der Waals surface area (Å²) in [4.78, 5) is 12.5. The largest absolute Gasteiger partial charge is 0.394 e. The number of rotatable bonds is 46. The fraction of sp³-hybridized carbons (Fsp3) is 0.940. The van der Waals surface area contributed by atoms with E-state index in [1.807, 2.05) is 0 Å². The van der Waals surface area contributed by atoms with Crippen LogP contribution < -0.4 is 5.32 Å². The number of nitrogens with one attached hydrogen (secondary N) is 1. The summed E-state index contributed by atoms with van der Waals surface area (Å²) in [5, 5.41) is 33.6. The minimum atomic E-state index is -1.15. The van der Waals surface area contributed by atoms with E-state index in [9.17, 15) is 20.1 Å². The van der Waals surface area contributed by atoms with Gasteiger partial charge in [0, 0.05) is 6.42 Å². The van der Waals surface area contributed by atoms with Crippen LogP contribution in [0.4, 0.5) is 0 Å². The lowest BCUT2D eigenvalue weighted by Gasteiger charge is -2.26. The van der Waals surface area contributed by atoms with E-state index in [-0.39, 0.29) is 12.5 Å². The van der Waals surface area contributed by atoms with Crippen LogP contribution in [0.3, 0.4) is 0 Å². The molecule has 0 fully saturated rings. The third kappa shape index (κ3) is 41.1. The Balaban J connectivity index is 3.52. The number of aliphatic hydroxyl groups excluding tert-OH is 3. The second-order valence-electron chi connectivity index (χ2n) is 17.4. The highest BCUT2D eigenvalue weighted by Gasteiger charge is 2.26. The second-order valence-corrected chi connectivity index (χ2v) is 17.4. The smallest absolute Gasteiger partial charge is 0.220 e. The van der Waals surface area contributed by atoms with Gasteiger partial charge < -0.3 is 20.6 Å². The van der Waals surface area contributed by atoms with Gasteiger partial charge in [0.15, 0.2) is 0 Å². The molecule has 0 spiro atoms. The number of unbranched alkanes of at least 4 members (excludes halogenated alkanes) is 36. The van der Waals surface area contributed by atoms with Gasteiger partial charge in [-0.3, -0.25) is 4.79 Å². The van der Waals surface area contributed by atoms with Crippen LogP contribution >= 0.6 is 0 Å². The topological polar surface area (TPSA) is 89.8 Å². The van der Waals surface area contributed by atoms with Gasteiger partial charge in [0.2, 0.25) is 5.91 Å². The molecule has 0 aliphatic heterocycles. The number of amides is 1. The van der Waals surface area contributed by atoms with Crippen molar-refractivity contribution in [3.63, 3.8) is 0 Å². The summed E-state index contributed by atoms with van der Waals surface area (Å²) in [5.74, 6) is -0.149. The molecular formula is C50H99NO4. The molecule has 0 bridgehead atoms. The zero-order valence-corrected chi connectivity index (χ0v) is 37.3. The second kappa shape index (κ2) is 45.8. The molecule has 55 heavy (non-hydrogen) atoms. The van der Waals surface area contributed by atoms with Gasteiger partial charge in [-0.1, -0.05) is 244 Å². The summed E-state index contributed by atoms with van der Waals surface area (Å²) >= 11 is 0. The quantitative estimate of drug-likeness (QED) is 0.0366. The molecule has 4 N–H and O–H groups in total. The molecule has 1 amide bonds. The first-order chi connectivity index (χ1) is 27.1. The summed E-state index contributed by atoms with van der Waals surface area (Å²) < 4.78 is 0. The van der Waals surface area contributed by atoms with E-state index in [0.717, 1.165) is 38.5 Å². The van der Waals surface area contributed by atoms with Crippen LogP contribution in [0.2, 0.25) is 0 Å². The van der Waals surface area contributed by atoms with E-state index in [1.165, 1.54) is 212 Å². The van der Waals surface area contributed by atoms with Gasteiger partial charge in [0.1, 0.15) is 6.10 Å². The van der Waals surface area contributed by atoms with Crippen molar-refractivity contribution in [2.45, 2.75) is 295 Å². The monoisotopic (exact) mass is 778 g/mol. The first kappa shape index (κ1) is 54.1. The van der Waals surface area contributed by atoms with Crippen molar-refractivity contribution in [2.75, 3.05) is 6.61 Å². The summed E-state index contributed by atoms with van der Waals surface area (Å²) in [5.41, 5.74) is 0. The van der Waals surface area contributed by atoms with Crippen molar-refractivity contribution in [3.8, 4) is 0 Å². The number of hydrogen-bond donors (Lipinski definition) is 4. The zero-order valence-electron chi connectivity index (χ0n) is 37.3. The lowest BCUT2D eigenvalue weighted by atomic mass is 10.0. The minimum Gasteiger partial charge on any atom is -0.394 e. The highest BCUT2D eigenvalue weighted by atomic mass is 16.3. The van der Waals surface area contributed by atoms with Gasteiger partial charge in [-0.25, -0.2) is 0 Å². The van der Waals surface area contributed by atoms with Gasteiger partial charge in [-0.05, 0) is 38.5 Å². The lowest BCUT2D eigenvalue weighted by molar-refractivity contribution is -0.124. The fourth-order valence-corrected chi connectivity index (χ4v) is 7.99. The number of carbonyl (C=O) groups is 1. The van der Waals surface area contributed by atoms with E-state index in [2.05, 4.69) is 31.3 Å². The Kier molecular flexibility index (Phi) is 45.0. The van der Waals surface area contributed by atoms with Crippen LogP contribution in [0.1, 0.15) is 277 Å². The predicted molar refractivity (Wildman–Crippen MR) is 241 cm³/mol. The van der Waals surface area contributed by atoms with Gasteiger partial charge in [-0.2, -0.15) is 0 Å². The predicted octanol–water partition coefficient (Wildman–Crippen LogP) is 14.8. The number of allylic oxidation sites excluding steroid dienone is 2. The Morgan fingerprint density at radius 1 is 0.436 bits per heavy atom. The van der Waals surface area contributed by atoms with Crippen molar-refractivity contribution in [1.82, 2.24) is 5.32 Å². The molecule has 0 aromatic rings. The number of hydrogen-bond acceptors (Lipinski definition) is 4. The van der Waals surface area contributed by atoms with Crippen LogP contribution in [0.15, 0.2) is 12.2 Å². The molecule has 0 heterocycles. The van der Waals surface area contributed by atoms with E-state index < -0.39 is 18.2 Å². The minimum absolute atomic E-state index is 0.149. The molecule has 0 rings (SSSR count). The Morgan fingerprint density at radius 2 is 0.727 bits per heavy atom. The van der Waals surface area contributed by atoms with Crippen LogP contribution in [-0.2, 0) is 4.79 Å². The molecule has 3 unspecified atom stereocenters. The molecular weight excluding hydrogens is 679 g/mol. The Bertz CT molecular complexity index is 773. The van der Waals surface area contributed by atoms with E-state index in [1.54, 1.807) is 0 Å². The third-order valence-electron chi connectivity index (χ3n) is 11.9. The molecule has 5 heteroatoms. The number of aliphatic hydroxyl groups is 3. The first-order valence-corrected chi connectivity index (χ1v) is 25.0. The van der Waals surface area contributed by atoms with Crippen LogP contribution in [0, 0.1) is 0 Å². The normalized spacial score (nSPS) is 13.5. The van der Waals surface area contributed by atoms with Crippen molar-refractivity contribution < 1.29 is 20.1 Å². The van der Waals surface area contributed by atoms with Crippen molar-refractivity contribution in [1.29, 1.82) is 0 Å². The van der Waals surface area contributed by atoms with E-state index in [0.29, 0.717) is 12.8 Å². The SMILES string of the molecule is CCCCCCCCCCC/C=C/CCCC(O)C(O)C(CO)NC(=O)CCCCCCCCCCCCCCCCCCCCCCCCCCCCC. The summed E-state index contributed by atoms with van der Waals surface area (Å²) in [6.07, 6.45) is 54.9. The highest BCUT2D eigenvalue weighted by Crippen LogP contribution is 2.17. The highest BCUT2D eigenvalue weighted by molar-refractivity contribution is 5.76. The maximum absolute atomic E-state index is 12.5. The molecule has 0 aliphatic carbocycles. The number of carbonyl (C=O) groups excluding carboxylic acids is 1. The third-order valence-corrected chi connectivity index (χ3v) is 11.9. The average Bonchev–Trinajstić information content (AvgIpc) is 3.19. The average molecular weight is 778 g/mol. The first-order valence-electron chi connectivity index (χ1n) is 25.0. The van der Waals surface area contributed by atoms with Crippen molar-refractivity contribution in [3.05, 3.63) is 12.2 Å². The molecule has 0 radical (unpaired) electrons. The zero-order chi connectivity index (χ0) is 40.1. The maximum Gasteiger partial charge on any atom is 0.220 e. The molecule has 0 aromatic heterocycles. The Labute approximate surface area is 344 Å². The summed E-state index contributed by atoms with van der Waals surface area (Å²) in [7, 11) is 0. The van der Waals surface area contributed by atoms with Crippen LogP contribution in [-0.4, -0.2) is 46.1 Å². The lowest BCUT2D eigenvalue weighted by Crippen LogP contribution is -2.50. The molecule has 0 aromatic carbocycles. The van der Waals surface area contributed by atoms with Crippen LogP contribution in [0.5, 0.6) is 0 Å². The fourth-order valence-electron chi connectivity index (χ4n) is 7.99. The molecule has 5 nitrogen and oxygen atoms in total. The van der Waals surface area contributed by atoms with E-state index >= 15 is 0 Å². The van der Waals surface area contributed by atoms with Crippen LogP contribution in [0.25, 0.3) is 0 Å². The van der Waals surface area contributed by atoms with Crippen molar-refractivity contribution in [2.24, 2.45) is 0 Å². The standard InChI is InChI=1S/C50H99NO4/c1-3-5-7-9-11-13-15-17-19-20-21-22-23-24-25-26-27-28-29-30-31-33-35-37-39-41-43-45-49(54)51-47(46-52)50(55)48(53)44-42-40-38-36-34-32-18-16-14-12-10-8-6-4-2/h36,38,47-48,50,52-53,55H,3-35,37,39-46H2,1-2H3,(H,51,54)/b38-36+. The molecule has 328 valence electrons. The molecule has 0 aliphatic rings. The van der Waals surface area contributed by atoms with E-state index in [4.69, 9.17) is 0 Å². The Hall–Kier alpha value is -0.910. The molecule has 3 atom stereocenters. The maximum atomic E-state index is 12.5. The Morgan fingerprint density at radius 3 is 1.05 bits per heavy atom. The summed E-state index contributed by atoms with van der Waals surface area (Å²) in [6.45, 7) is 4.19.